The number of hydrogen-bond donors (Lipinski definition) is 1. The predicted molar refractivity (Wildman–Crippen MR) is 82.3 cm³/mol. The van der Waals surface area contributed by atoms with Crippen LogP contribution in [-0.4, -0.2) is 24.5 Å². The molecular weight excluding hydrogens is 264 g/mol. The third-order valence-corrected chi connectivity index (χ3v) is 3.24. The first-order valence-corrected chi connectivity index (χ1v) is 7.08. The summed E-state index contributed by atoms with van der Waals surface area (Å²) in [5, 5.41) is 2.93. The van der Waals surface area contributed by atoms with Crippen molar-refractivity contribution in [3.63, 3.8) is 0 Å². The van der Waals surface area contributed by atoms with Gasteiger partial charge in [0.2, 0.25) is 5.91 Å². The van der Waals surface area contributed by atoms with E-state index in [2.05, 4.69) is 10.3 Å². The Morgan fingerprint density at radius 2 is 1.95 bits per heavy atom. The first kappa shape index (κ1) is 15.0. The van der Waals surface area contributed by atoms with E-state index in [1.54, 1.807) is 13.3 Å². The minimum absolute atomic E-state index is 0.0514. The fourth-order valence-electron chi connectivity index (χ4n) is 2.12. The molecule has 21 heavy (non-hydrogen) atoms. The number of pyridine rings is 1. The summed E-state index contributed by atoms with van der Waals surface area (Å²) in [6.45, 7) is 0.613. The molecule has 110 valence electrons. The Morgan fingerprint density at radius 3 is 2.71 bits per heavy atom. The molecule has 0 aliphatic heterocycles. The van der Waals surface area contributed by atoms with Crippen LogP contribution in [0.15, 0.2) is 48.7 Å². The molecule has 1 aromatic carbocycles. The molecule has 2 aromatic rings. The first-order chi connectivity index (χ1) is 10.3. The van der Waals surface area contributed by atoms with Crippen LogP contribution in [0, 0.1) is 0 Å². The average Bonchev–Trinajstić information content (AvgIpc) is 2.54. The van der Waals surface area contributed by atoms with Crippen LogP contribution in [0.5, 0.6) is 5.75 Å². The smallest absolute Gasteiger partial charge is 0.220 e. The van der Waals surface area contributed by atoms with E-state index in [1.807, 2.05) is 42.5 Å². The van der Waals surface area contributed by atoms with E-state index in [9.17, 15) is 4.79 Å². The Kier molecular flexibility index (Phi) is 5.76. The summed E-state index contributed by atoms with van der Waals surface area (Å²) in [5.74, 6) is 0.913. The normalized spacial score (nSPS) is 10.1. The maximum absolute atomic E-state index is 11.8. The highest BCUT2D eigenvalue weighted by atomic mass is 16.5. The monoisotopic (exact) mass is 284 g/mol. The van der Waals surface area contributed by atoms with E-state index in [1.165, 1.54) is 0 Å². The van der Waals surface area contributed by atoms with Crippen LogP contribution in [-0.2, 0) is 17.6 Å². The number of aryl methyl sites for hydroxylation is 1. The molecule has 1 amide bonds. The lowest BCUT2D eigenvalue weighted by Gasteiger charge is -2.09. The van der Waals surface area contributed by atoms with Crippen LogP contribution >= 0.6 is 0 Å². The Hall–Kier alpha value is -2.36. The SMILES string of the molecule is COc1ccccc1CCNC(=O)CCc1ccccn1. The molecule has 4 heteroatoms. The molecule has 1 N–H and O–H groups in total. The minimum atomic E-state index is 0.0514. The van der Waals surface area contributed by atoms with E-state index < -0.39 is 0 Å². The predicted octanol–water partition coefficient (Wildman–Crippen LogP) is 2.38. The number of para-hydroxylation sites is 1. The number of amides is 1. The first-order valence-electron chi connectivity index (χ1n) is 7.08. The van der Waals surface area contributed by atoms with Gasteiger partial charge in [0.15, 0.2) is 0 Å². The van der Waals surface area contributed by atoms with E-state index in [0.29, 0.717) is 19.4 Å². The summed E-state index contributed by atoms with van der Waals surface area (Å²) in [5.41, 5.74) is 2.04. The highest BCUT2D eigenvalue weighted by molar-refractivity contribution is 5.76. The number of carbonyl (C=O) groups is 1. The number of benzene rings is 1. The van der Waals surface area contributed by atoms with Gasteiger partial charge in [0.25, 0.3) is 0 Å². The zero-order valence-corrected chi connectivity index (χ0v) is 12.2. The van der Waals surface area contributed by atoms with Crippen molar-refractivity contribution in [3.8, 4) is 5.75 Å². The van der Waals surface area contributed by atoms with Gasteiger partial charge in [-0.05, 0) is 36.6 Å². The van der Waals surface area contributed by atoms with Crippen LogP contribution in [0.3, 0.4) is 0 Å². The Morgan fingerprint density at radius 1 is 1.14 bits per heavy atom. The number of rotatable bonds is 7. The molecule has 4 nitrogen and oxygen atoms in total. The molecule has 0 aliphatic rings. The zero-order chi connectivity index (χ0) is 14.9. The molecular formula is C17H20N2O2. The van der Waals surface area contributed by atoms with Gasteiger partial charge in [-0.25, -0.2) is 0 Å². The van der Waals surface area contributed by atoms with Crippen LogP contribution in [0.2, 0.25) is 0 Å². The maximum atomic E-state index is 11.8. The van der Waals surface area contributed by atoms with Gasteiger partial charge >= 0.3 is 0 Å². The summed E-state index contributed by atoms with van der Waals surface area (Å²) in [6, 6.07) is 13.6. The average molecular weight is 284 g/mol. The molecule has 0 fully saturated rings. The van der Waals surface area contributed by atoms with Gasteiger partial charge in [-0.3, -0.25) is 9.78 Å². The van der Waals surface area contributed by atoms with E-state index in [0.717, 1.165) is 23.4 Å². The van der Waals surface area contributed by atoms with Crippen molar-refractivity contribution in [2.75, 3.05) is 13.7 Å². The molecule has 1 aromatic heterocycles. The standard InChI is InChI=1S/C17H20N2O2/c1-21-16-8-3-2-6-14(16)11-13-19-17(20)10-9-15-7-4-5-12-18-15/h2-8,12H,9-11,13H2,1H3,(H,19,20). The van der Waals surface area contributed by atoms with Gasteiger partial charge in [-0.2, -0.15) is 0 Å². The number of nitrogens with one attached hydrogen (secondary N) is 1. The Bertz CT molecular complexity index is 570. The second kappa shape index (κ2) is 8.04. The molecule has 0 saturated carbocycles. The number of ether oxygens (including phenoxy) is 1. The quantitative estimate of drug-likeness (QED) is 0.849. The number of hydrogen-bond acceptors (Lipinski definition) is 3. The summed E-state index contributed by atoms with van der Waals surface area (Å²) >= 11 is 0. The van der Waals surface area contributed by atoms with E-state index in [-0.39, 0.29) is 5.91 Å². The van der Waals surface area contributed by atoms with Crippen LogP contribution in [0.4, 0.5) is 0 Å². The van der Waals surface area contributed by atoms with Crippen LogP contribution in [0.1, 0.15) is 17.7 Å². The number of nitrogens with zero attached hydrogens (tertiary/aromatic N) is 1. The molecule has 0 atom stereocenters. The van der Waals surface area contributed by atoms with Gasteiger partial charge in [-0.15, -0.1) is 0 Å². The van der Waals surface area contributed by atoms with Crippen molar-refractivity contribution in [3.05, 3.63) is 59.9 Å². The fraction of sp³-hybridized carbons (Fsp3) is 0.294. The largest absolute Gasteiger partial charge is 0.496 e. The van der Waals surface area contributed by atoms with Crippen molar-refractivity contribution < 1.29 is 9.53 Å². The van der Waals surface area contributed by atoms with Crippen molar-refractivity contribution in [2.45, 2.75) is 19.3 Å². The molecule has 0 unspecified atom stereocenters. The third kappa shape index (κ3) is 4.91. The van der Waals surface area contributed by atoms with Crippen molar-refractivity contribution in [1.82, 2.24) is 10.3 Å². The minimum Gasteiger partial charge on any atom is -0.496 e. The fourth-order valence-corrected chi connectivity index (χ4v) is 2.12. The maximum Gasteiger partial charge on any atom is 0.220 e. The second-order valence-corrected chi connectivity index (χ2v) is 4.73. The lowest BCUT2D eigenvalue weighted by Crippen LogP contribution is -2.26. The van der Waals surface area contributed by atoms with Crippen molar-refractivity contribution in [2.24, 2.45) is 0 Å². The number of methoxy groups -OCH3 is 1. The van der Waals surface area contributed by atoms with Crippen LogP contribution in [0.25, 0.3) is 0 Å². The lowest BCUT2D eigenvalue weighted by molar-refractivity contribution is -0.121. The Labute approximate surface area is 125 Å². The van der Waals surface area contributed by atoms with Crippen molar-refractivity contribution >= 4 is 5.91 Å². The summed E-state index contributed by atoms with van der Waals surface area (Å²) in [6.07, 6.45) is 3.64. The molecule has 1 heterocycles. The lowest BCUT2D eigenvalue weighted by atomic mass is 10.1. The van der Waals surface area contributed by atoms with Gasteiger partial charge in [0, 0.05) is 24.9 Å². The third-order valence-electron chi connectivity index (χ3n) is 3.24. The molecule has 2 rings (SSSR count). The highest BCUT2D eigenvalue weighted by Gasteiger charge is 2.04. The second-order valence-electron chi connectivity index (χ2n) is 4.73. The number of carbonyl (C=O) groups excluding carboxylic acids is 1. The Balaban J connectivity index is 1.72. The topological polar surface area (TPSA) is 51.2 Å². The summed E-state index contributed by atoms with van der Waals surface area (Å²) in [7, 11) is 1.66. The molecule has 0 bridgehead atoms. The van der Waals surface area contributed by atoms with Gasteiger partial charge < -0.3 is 10.1 Å². The van der Waals surface area contributed by atoms with Crippen molar-refractivity contribution in [1.29, 1.82) is 0 Å². The molecule has 0 radical (unpaired) electrons. The molecule has 0 saturated heterocycles. The van der Waals surface area contributed by atoms with Gasteiger partial charge in [0.05, 0.1) is 7.11 Å². The van der Waals surface area contributed by atoms with Gasteiger partial charge in [-0.1, -0.05) is 24.3 Å². The van der Waals surface area contributed by atoms with Crippen LogP contribution < -0.4 is 10.1 Å². The van der Waals surface area contributed by atoms with E-state index in [4.69, 9.17) is 4.74 Å². The number of aromatic nitrogens is 1. The summed E-state index contributed by atoms with van der Waals surface area (Å²) in [4.78, 5) is 16.0. The van der Waals surface area contributed by atoms with Gasteiger partial charge in [0.1, 0.15) is 5.75 Å². The van der Waals surface area contributed by atoms with E-state index >= 15 is 0 Å². The molecule has 0 aliphatic carbocycles. The summed E-state index contributed by atoms with van der Waals surface area (Å²) < 4.78 is 5.29. The zero-order valence-electron chi connectivity index (χ0n) is 12.2. The molecule has 0 spiro atoms. The highest BCUT2D eigenvalue weighted by Crippen LogP contribution is 2.17.